The number of nitrogen functional groups attached to an aromatic ring is 1. The summed E-state index contributed by atoms with van der Waals surface area (Å²) in [6.45, 7) is 0. The van der Waals surface area contributed by atoms with Crippen LogP contribution < -0.4 is 15.8 Å². The van der Waals surface area contributed by atoms with E-state index in [-0.39, 0.29) is 5.75 Å². The van der Waals surface area contributed by atoms with Gasteiger partial charge >= 0.3 is 6.18 Å². The molecule has 18 heavy (non-hydrogen) atoms. The van der Waals surface area contributed by atoms with Crippen LogP contribution in [0.2, 0.25) is 0 Å². The van der Waals surface area contributed by atoms with Gasteiger partial charge in [-0.05, 0) is 36.4 Å². The van der Waals surface area contributed by atoms with Crippen molar-refractivity contribution in [1.82, 2.24) is 5.32 Å². The Morgan fingerprint density at radius 2 is 1.78 bits per heavy atom. The molecule has 1 aromatic rings. The van der Waals surface area contributed by atoms with Gasteiger partial charge in [-0.2, -0.15) is 13.2 Å². The molecule has 96 valence electrons. The Balaban J connectivity index is 2.29. The maximum Gasteiger partial charge on any atom is 0.452 e. The number of alkyl halides is 3. The van der Waals surface area contributed by atoms with E-state index >= 15 is 0 Å². The minimum absolute atomic E-state index is 0.0778. The summed E-state index contributed by atoms with van der Waals surface area (Å²) in [5.74, 6) is 0.0778. The van der Waals surface area contributed by atoms with Crippen LogP contribution in [0.3, 0.4) is 0 Å². The molecule has 0 aromatic heterocycles. The van der Waals surface area contributed by atoms with E-state index in [1.165, 1.54) is 42.6 Å². The van der Waals surface area contributed by atoms with Crippen LogP contribution in [-0.4, -0.2) is 11.9 Å². The van der Waals surface area contributed by atoms with E-state index in [4.69, 9.17) is 10.5 Å². The molecule has 0 amide bonds. The molecule has 3 nitrogen and oxygen atoms in total. The molecule has 1 atom stereocenters. The van der Waals surface area contributed by atoms with Crippen LogP contribution in [0.5, 0.6) is 5.75 Å². The monoisotopic (exact) mass is 256 g/mol. The molecular weight excluding hydrogens is 245 g/mol. The Kier molecular flexibility index (Phi) is 2.94. The predicted molar refractivity (Wildman–Crippen MR) is 61.7 cm³/mol. The van der Waals surface area contributed by atoms with Crippen molar-refractivity contribution in [1.29, 1.82) is 0 Å². The van der Waals surface area contributed by atoms with Gasteiger partial charge in [0, 0.05) is 11.9 Å². The zero-order chi connectivity index (χ0) is 13.2. The molecule has 0 radical (unpaired) electrons. The van der Waals surface area contributed by atoms with Crippen LogP contribution in [0.15, 0.2) is 48.7 Å². The van der Waals surface area contributed by atoms with E-state index < -0.39 is 11.9 Å². The highest BCUT2D eigenvalue weighted by molar-refractivity contribution is 5.42. The normalized spacial score (nSPS) is 22.6. The molecule has 1 aliphatic heterocycles. The van der Waals surface area contributed by atoms with Crippen molar-refractivity contribution in [2.75, 3.05) is 5.73 Å². The Bertz CT molecular complexity index is 479. The van der Waals surface area contributed by atoms with Crippen molar-refractivity contribution in [3.8, 4) is 5.75 Å². The molecule has 3 N–H and O–H groups in total. The lowest BCUT2D eigenvalue weighted by Gasteiger charge is -2.34. The molecule has 0 spiro atoms. The second-order valence-electron chi connectivity index (χ2n) is 3.77. The highest BCUT2D eigenvalue weighted by Gasteiger charge is 2.56. The number of rotatable bonds is 2. The maximum atomic E-state index is 13.1. The molecule has 2 rings (SSSR count). The first-order chi connectivity index (χ1) is 8.43. The van der Waals surface area contributed by atoms with Crippen LogP contribution in [-0.2, 0) is 0 Å². The third kappa shape index (κ3) is 2.27. The lowest BCUT2D eigenvalue weighted by atomic mass is 10.1. The quantitative estimate of drug-likeness (QED) is 0.799. The molecular formula is C12H11F3N2O. The number of anilines is 1. The smallest absolute Gasteiger partial charge is 0.452 e. The summed E-state index contributed by atoms with van der Waals surface area (Å²) in [6, 6.07) is 5.72. The molecule has 6 heteroatoms. The summed E-state index contributed by atoms with van der Waals surface area (Å²) < 4.78 is 44.2. The van der Waals surface area contributed by atoms with Crippen molar-refractivity contribution in [2.24, 2.45) is 0 Å². The van der Waals surface area contributed by atoms with Crippen LogP contribution in [0.1, 0.15) is 0 Å². The van der Waals surface area contributed by atoms with Gasteiger partial charge in [-0.3, -0.25) is 0 Å². The Labute approximate surface area is 102 Å². The molecule has 1 heterocycles. The van der Waals surface area contributed by atoms with E-state index in [2.05, 4.69) is 5.32 Å². The summed E-state index contributed by atoms with van der Waals surface area (Å²) >= 11 is 0. The zero-order valence-corrected chi connectivity index (χ0v) is 9.24. The van der Waals surface area contributed by atoms with Gasteiger partial charge in [-0.15, -0.1) is 0 Å². The van der Waals surface area contributed by atoms with Crippen LogP contribution in [0.25, 0.3) is 0 Å². The number of halogens is 3. The summed E-state index contributed by atoms with van der Waals surface area (Å²) in [7, 11) is 0. The molecule has 0 bridgehead atoms. The molecule has 0 fully saturated rings. The van der Waals surface area contributed by atoms with Crippen molar-refractivity contribution < 1.29 is 17.9 Å². The van der Waals surface area contributed by atoms with E-state index in [9.17, 15) is 13.2 Å². The van der Waals surface area contributed by atoms with E-state index in [0.717, 1.165) is 6.08 Å². The Hall–Kier alpha value is -2.11. The summed E-state index contributed by atoms with van der Waals surface area (Å²) in [6.07, 6.45) is 0.251. The highest BCUT2D eigenvalue weighted by Crippen LogP contribution is 2.35. The maximum absolute atomic E-state index is 13.1. The van der Waals surface area contributed by atoms with Crippen LogP contribution in [0.4, 0.5) is 18.9 Å². The second kappa shape index (κ2) is 4.29. The number of dihydropyridines is 1. The van der Waals surface area contributed by atoms with Gasteiger partial charge in [0.05, 0.1) is 0 Å². The summed E-state index contributed by atoms with van der Waals surface area (Å²) in [5.41, 5.74) is 3.37. The van der Waals surface area contributed by atoms with E-state index in [1.54, 1.807) is 0 Å². The molecule has 1 aliphatic rings. The number of nitrogens with two attached hydrogens (primary N) is 1. The second-order valence-corrected chi connectivity index (χ2v) is 3.77. The fourth-order valence-electron chi connectivity index (χ4n) is 1.49. The van der Waals surface area contributed by atoms with Crippen LogP contribution in [0, 0.1) is 0 Å². The van der Waals surface area contributed by atoms with Crippen molar-refractivity contribution in [3.05, 3.63) is 48.7 Å². The van der Waals surface area contributed by atoms with Gasteiger partial charge < -0.3 is 15.8 Å². The first kappa shape index (κ1) is 12.3. The number of nitrogens with one attached hydrogen (secondary N) is 1. The Morgan fingerprint density at radius 3 is 2.28 bits per heavy atom. The van der Waals surface area contributed by atoms with Gasteiger partial charge in [-0.1, -0.05) is 6.08 Å². The Morgan fingerprint density at radius 1 is 1.11 bits per heavy atom. The molecule has 1 aromatic carbocycles. The average molecular weight is 256 g/mol. The van der Waals surface area contributed by atoms with Gasteiger partial charge in [0.1, 0.15) is 5.75 Å². The molecule has 1 unspecified atom stereocenters. The van der Waals surface area contributed by atoms with Gasteiger partial charge in [-0.25, -0.2) is 0 Å². The largest absolute Gasteiger partial charge is 0.455 e. The molecule has 0 aliphatic carbocycles. The van der Waals surface area contributed by atoms with Gasteiger partial charge in [0.15, 0.2) is 0 Å². The van der Waals surface area contributed by atoms with E-state index in [1.807, 2.05) is 0 Å². The fourth-order valence-corrected chi connectivity index (χ4v) is 1.49. The minimum Gasteiger partial charge on any atom is -0.455 e. The highest BCUT2D eigenvalue weighted by atomic mass is 19.4. The molecule has 0 saturated carbocycles. The van der Waals surface area contributed by atoms with Gasteiger partial charge in [0.2, 0.25) is 0 Å². The first-order valence-corrected chi connectivity index (χ1v) is 5.16. The molecule has 0 saturated heterocycles. The lowest BCUT2D eigenvalue weighted by molar-refractivity contribution is -0.237. The van der Waals surface area contributed by atoms with Crippen molar-refractivity contribution in [3.63, 3.8) is 0 Å². The third-order valence-corrected chi connectivity index (χ3v) is 2.42. The van der Waals surface area contributed by atoms with Gasteiger partial charge in [0.25, 0.3) is 5.72 Å². The first-order valence-electron chi connectivity index (χ1n) is 5.16. The number of hydrogen-bond acceptors (Lipinski definition) is 3. The average Bonchev–Trinajstić information content (AvgIpc) is 2.32. The number of ether oxygens (including phenoxy) is 1. The third-order valence-electron chi connectivity index (χ3n) is 2.42. The topological polar surface area (TPSA) is 47.3 Å². The fraction of sp³-hybridized carbons (Fsp3) is 0.167. The number of benzene rings is 1. The van der Waals surface area contributed by atoms with E-state index in [0.29, 0.717) is 5.69 Å². The zero-order valence-electron chi connectivity index (χ0n) is 9.24. The minimum atomic E-state index is -4.59. The van der Waals surface area contributed by atoms with Crippen LogP contribution >= 0.6 is 0 Å². The standard InChI is InChI=1S/C12H11F3N2O/c13-12(14,15)11(7-1-2-8-17-11)18-10-5-3-9(16)4-6-10/h1-8,17H,16H2. The predicted octanol–water partition coefficient (Wildman–Crippen LogP) is 2.58. The summed E-state index contributed by atoms with van der Waals surface area (Å²) in [4.78, 5) is 0. The number of allylic oxidation sites excluding steroid dienone is 2. The number of hydrogen-bond donors (Lipinski definition) is 2. The lowest BCUT2D eigenvalue weighted by Crippen LogP contribution is -2.58. The van der Waals surface area contributed by atoms with Crippen molar-refractivity contribution in [2.45, 2.75) is 11.9 Å². The van der Waals surface area contributed by atoms with Crippen molar-refractivity contribution >= 4 is 5.69 Å². The SMILES string of the molecule is Nc1ccc(OC2(C(F)(F)F)C=CC=CN2)cc1. The summed E-state index contributed by atoms with van der Waals surface area (Å²) in [5, 5.41) is 2.19.